The first kappa shape index (κ1) is 22.3. The molecule has 5 aromatic rings. The van der Waals surface area contributed by atoms with E-state index in [1.807, 2.05) is 36.4 Å². The Bertz CT molecular complexity index is 1410. The first-order valence-electron chi connectivity index (χ1n) is 11.4. The molecular weight excluding hydrogens is 452 g/mol. The van der Waals surface area contributed by atoms with E-state index in [0.717, 1.165) is 64.2 Å². The second kappa shape index (κ2) is 9.79. The number of hydrogen-bond donors (Lipinski definition) is 2. The number of aromatic amines is 1. The summed E-state index contributed by atoms with van der Waals surface area (Å²) in [6.07, 6.45) is 3.38. The zero-order valence-electron chi connectivity index (χ0n) is 18.8. The number of aromatic nitrogens is 6. The lowest BCUT2D eigenvalue weighted by Gasteiger charge is -2.10. The van der Waals surface area contributed by atoms with Crippen LogP contribution in [0.1, 0.15) is 37.0 Å². The molecule has 0 spiro atoms. The van der Waals surface area contributed by atoms with Gasteiger partial charge < -0.3 is 14.1 Å². The van der Waals surface area contributed by atoms with Crippen molar-refractivity contribution in [3.05, 3.63) is 71.0 Å². The van der Waals surface area contributed by atoms with Crippen molar-refractivity contribution in [3.8, 4) is 22.5 Å². The second-order valence-corrected chi connectivity index (χ2v) is 8.53. The van der Waals surface area contributed by atoms with Crippen LogP contribution in [0, 0.1) is 0 Å². The fourth-order valence-corrected chi connectivity index (χ4v) is 4.55. The van der Waals surface area contributed by atoms with Gasteiger partial charge in [-0.25, -0.2) is 4.98 Å². The summed E-state index contributed by atoms with van der Waals surface area (Å²) < 4.78 is 8.34. The molecule has 5 rings (SSSR count). The van der Waals surface area contributed by atoms with E-state index in [-0.39, 0.29) is 6.61 Å². The lowest BCUT2D eigenvalue weighted by atomic mass is 9.98. The summed E-state index contributed by atoms with van der Waals surface area (Å²) in [5.74, 6) is 2.28. The maximum Gasteiger partial charge on any atom is 0.205 e. The fraction of sp³-hybridized carbons (Fsp3) is 0.280. The van der Waals surface area contributed by atoms with Gasteiger partial charge in [0.05, 0.1) is 12.2 Å². The maximum absolute atomic E-state index is 9.53. The van der Waals surface area contributed by atoms with Gasteiger partial charge in [-0.15, -0.1) is 10.2 Å². The molecule has 8 nitrogen and oxygen atoms in total. The fourth-order valence-electron chi connectivity index (χ4n) is 4.25. The number of halogens is 1. The number of nitrogens with zero attached hydrogens (tertiary/aromatic N) is 5. The molecule has 2 aromatic carbocycles. The number of H-pyrrole nitrogens is 1. The number of rotatable bonds is 9. The molecule has 34 heavy (non-hydrogen) atoms. The standard InChI is InChI=1S/C25H25ClN6O2/c1-2-3-8-23-27-24(26)21(11-12-33)32(23)15-18-13-17-10-9-16(14-22(17)34-18)19-6-4-5-7-20(19)25-28-30-31-29-25/h4-7,9-10,13-14,33H,2-3,8,11-12,15H2,1H3,(H,28,29,30,31). The van der Waals surface area contributed by atoms with Crippen LogP contribution in [0.15, 0.2) is 52.9 Å². The van der Waals surface area contributed by atoms with Gasteiger partial charge in [0.1, 0.15) is 17.2 Å². The Morgan fingerprint density at radius 3 is 2.71 bits per heavy atom. The monoisotopic (exact) mass is 476 g/mol. The summed E-state index contributed by atoms with van der Waals surface area (Å²) in [6.45, 7) is 2.68. The molecule has 0 aliphatic rings. The van der Waals surface area contributed by atoms with Gasteiger partial charge in [-0.05, 0) is 34.9 Å². The van der Waals surface area contributed by atoms with Gasteiger partial charge in [-0.1, -0.05) is 61.3 Å². The molecule has 0 fully saturated rings. The number of aryl methyl sites for hydroxylation is 1. The average Bonchev–Trinajstić information content (AvgIpc) is 3.58. The van der Waals surface area contributed by atoms with Gasteiger partial charge in [0.2, 0.25) is 5.82 Å². The van der Waals surface area contributed by atoms with E-state index in [9.17, 15) is 5.11 Å². The first-order chi connectivity index (χ1) is 16.7. The van der Waals surface area contributed by atoms with Crippen molar-refractivity contribution in [1.29, 1.82) is 0 Å². The molecule has 0 aliphatic heterocycles. The van der Waals surface area contributed by atoms with Crippen molar-refractivity contribution in [2.75, 3.05) is 6.61 Å². The molecule has 0 atom stereocenters. The average molecular weight is 477 g/mol. The highest BCUT2D eigenvalue weighted by atomic mass is 35.5. The van der Waals surface area contributed by atoms with E-state index in [0.29, 0.717) is 23.9 Å². The molecule has 0 saturated heterocycles. The highest BCUT2D eigenvalue weighted by molar-refractivity contribution is 6.30. The predicted molar refractivity (Wildman–Crippen MR) is 131 cm³/mol. The van der Waals surface area contributed by atoms with Crippen LogP contribution in [0.3, 0.4) is 0 Å². The van der Waals surface area contributed by atoms with Crippen LogP contribution in [0.5, 0.6) is 0 Å². The van der Waals surface area contributed by atoms with E-state index in [2.05, 4.69) is 49.2 Å². The highest BCUT2D eigenvalue weighted by Crippen LogP contribution is 2.33. The third-order valence-electron chi connectivity index (χ3n) is 5.91. The number of hydrogen-bond acceptors (Lipinski definition) is 6. The summed E-state index contributed by atoms with van der Waals surface area (Å²) in [6, 6.07) is 16.1. The van der Waals surface area contributed by atoms with Crippen molar-refractivity contribution >= 4 is 22.6 Å². The lowest BCUT2D eigenvalue weighted by molar-refractivity contribution is 0.296. The largest absolute Gasteiger partial charge is 0.459 e. The Morgan fingerprint density at radius 2 is 1.94 bits per heavy atom. The zero-order valence-corrected chi connectivity index (χ0v) is 19.6. The van der Waals surface area contributed by atoms with Crippen molar-refractivity contribution in [2.24, 2.45) is 0 Å². The van der Waals surface area contributed by atoms with Crippen LogP contribution in [0.4, 0.5) is 0 Å². The predicted octanol–water partition coefficient (Wildman–Crippen LogP) is 5.06. The molecule has 0 aliphatic carbocycles. The zero-order chi connectivity index (χ0) is 23.5. The number of benzene rings is 2. The molecule has 0 unspecified atom stereocenters. The van der Waals surface area contributed by atoms with Gasteiger partial charge in [0.25, 0.3) is 0 Å². The topological polar surface area (TPSA) is 106 Å². The van der Waals surface area contributed by atoms with Crippen molar-refractivity contribution < 1.29 is 9.52 Å². The number of furan rings is 1. The Morgan fingerprint density at radius 1 is 1.09 bits per heavy atom. The second-order valence-electron chi connectivity index (χ2n) is 8.18. The molecule has 174 valence electrons. The Balaban J connectivity index is 1.50. The van der Waals surface area contributed by atoms with Crippen LogP contribution in [0.2, 0.25) is 5.15 Å². The van der Waals surface area contributed by atoms with Crippen molar-refractivity contribution in [2.45, 2.75) is 39.2 Å². The van der Waals surface area contributed by atoms with E-state index in [1.165, 1.54) is 0 Å². The summed E-state index contributed by atoms with van der Waals surface area (Å²) in [5, 5.41) is 25.5. The first-order valence-corrected chi connectivity index (χ1v) is 11.8. The summed E-state index contributed by atoms with van der Waals surface area (Å²) >= 11 is 6.41. The molecule has 3 heterocycles. The number of aliphatic hydroxyl groups excluding tert-OH is 1. The Kier molecular flexibility index (Phi) is 6.42. The molecule has 0 bridgehead atoms. The Labute approximate surface area is 201 Å². The molecular formula is C25H25ClN6O2. The Hall–Kier alpha value is -3.49. The van der Waals surface area contributed by atoms with Crippen LogP contribution >= 0.6 is 11.6 Å². The van der Waals surface area contributed by atoms with E-state index in [4.69, 9.17) is 16.0 Å². The van der Waals surface area contributed by atoms with Crippen LogP contribution in [0.25, 0.3) is 33.5 Å². The number of imidazole rings is 1. The van der Waals surface area contributed by atoms with Crippen molar-refractivity contribution in [3.63, 3.8) is 0 Å². The molecule has 0 amide bonds. The van der Waals surface area contributed by atoms with Gasteiger partial charge in [0, 0.05) is 30.4 Å². The highest BCUT2D eigenvalue weighted by Gasteiger charge is 2.18. The summed E-state index contributed by atoms with van der Waals surface area (Å²) in [4.78, 5) is 4.56. The number of tetrazole rings is 1. The minimum Gasteiger partial charge on any atom is -0.459 e. The number of nitrogens with one attached hydrogen (secondary N) is 1. The van der Waals surface area contributed by atoms with Crippen LogP contribution in [-0.2, 0) is 19.4 Å². The molecule has 0 saturated carbocycles. The third-order valence-corrected chi connectivity index (χ3v) is 6.22. The SMILES string of the molecule is CCCCc1nc(Cl)c(CCO)n1Cc1cc2ccc(-c3ccccc3-c3nn[nH]n3)cc2o1. The van der Waals surface area contributed by atoms with E-state index >= 15 is 0 Å². The molecule has 0 radical (unpaired) electrons. The van der Waals surface area contributed by atoms with Crippen molar-refractivity contribution in [1.82, 2.24) is 30.2 Å². The minimum absolute atomic E-state index is 0.0158. The van der Waals surface area contributed by atoms with Gasteiger partial charge in [-0.3, -0.25) is 0 Å². The lowest BCUT2D eigenvalue weighted by Crippen LogP contribution is -2.10. The normalized spacial score (nSPS) is 11.5. The molecule has 2 N–H and O–H groups in total. The van der Waals surface area contributed by atoms with Gasteiger partial charge in [0.15, 0.2) is 5.15 Å². The summed E-state index contributed by atoms with van der Waals surface area (Å²) in [5.41, 5.74) is 4.52. The molecule has 3 aromatic heterocycles. The third kappa shape index (κ3) is 4.34. The smallest absolute Gasteiger partial charge is 0.205 e. The van der Waals surface area contributed by atoms with Crippen LogP contribution < -0.4 is 0 Å². The number of unbranched alkanes of at least 4 members (excludes halogenated alkanes) is 1. The van der Waals surface area contributed by atoms with Gasteiger partial charge in [-0.2, -0.15) is 5.21 Å². The quantitative estimate of drug-likeness (QED) is 0.308. The minimum atomic E-state index is 0.0158. The van der Waals surface area contributed by atoms with Gasteiger partial charge >= 0.3 is 0 Å². The van der Waals surface area contributed by atoms with E-state index < -0.39 is 0 Å². The number of fused-ring (bicyclic) bond motifs is 1. The number of aliphatic hydroxyl groups is 1. The summed E-state index contributed by atoms with van der Waals surface area (Å²) in [7, 11) is 0. The molecule has 9 heteroatoms. The maximum atomic E-state index is 9.53. The van der Waals surface area contributed by atoms with Crippen LogP contribution in [-0.4, -0.2) is 41.9 Å². The van der Waals surface area contributed by atoms with E-state index in [1.54, 1.807) is 0 Å².